The molecule has 0 aromatic heterocycles. The summed E-state index contributed by atoms with van der Waals surface area (Å²) in [6, 6.07) is 0.356. The highest BCUT2D eigenvalue weighted by Gasteiger charge is 2.36. The molecule has 2 saturated carbocycles. The monoisotopic (exact) mass is 292 g/mol. The van der Waals surface area contributed by atoms with Crippen molar-refractivity contribution in [3.05, 3.63) is 0 Å². The zero-order valence-electron chi connectivity index (χ0n) is 12.4. The van der Waals surface area contributed by atoms with Crippen LogP contribution in [0, 0.1) is 23.7 Å². The number of hydrogen-bond acceptors (Lipinski definition) is 4. The van der Waals surface area contributed by atoms with E-state index in [2.05, 4.69) is 23.8 Å². The summed E-state index contributed by atoms with van der Waals surface area (Å²) in [5, 5.41) is 0. The van der Waals surface area contributed by atoms with Gasteiger partial charge in [0.2, 0.25) is 12.2 Å². The second-order valence-corrected chi connectivity index (χ2v) is 6.68. The van der Waals surface area contributed by atoms with Crippen molar-refractivity contribution in [3.8, 4) is 0 Å². The van der Waals surface area contributed by atoms with Crippen LogP contribution in [0.1, 0.15) is 59.8 Å². The van der Waals surface area contributed by atoms with Gasteiger partial charge in [0.05, 0.1) is 12.1 Å². The normalized spacial score (nSPS) is 39.3. The SMILES string of the molecule is C.CC1CC(C2CCC(N=C=O)C(C)C2)CCC1N=C=O. The van der Waals surface area contributed by atoms with Crippen LogP contribution in [0.15, 0.2) is 9.98 Å². The summed E-state index contributed by atoms with van der Waals surface area (Å²) >= 11 is 0. The fourth-order valence-electron chi connectivity index (χ4n) is 4.22. The molecular weight excluding hydrogens is 264 g/mol. The van der Waals surface area contributed by atoms with Crippen LogP contribution in [-0.2, 0) is 9.59 Å². The summed E-state index contributed by atoms with van der Waals surface area (Å²) in [7, 11) is 0. The van der Waals surface area contributed by atoms with Crippen LogP contribution in [0.3, 0.4) is 0 Å². The molecule has 4 heteroatoms. The predicted octanol–water partition coefficient (Wildman–Crippen LogP) is 3.90. The van der Waals surface area contributed by atoms with Crippen molar-refractivity contribution in [2.24, 2.45) is 33.7 Å². The van der Waals surface area contributed by atoms with Gasteiger partial charge in [-0.3, -0.25) is 0 Å². The van der Waals surface area contributed by atoms with Gasteiger partial charge in [-0.2, -0.15) is 0 Å². The smallest absolute Gasteiger partial charge is 0.211 e. The molecule has 118 valence electrons. The number of rotatable bonds is 3. The number of hydrogen-bond donors (Lipinski definition) is 0. The van der Waals surface area contributed by atoms with Crippen molar-refractivity contribution in [1.29, 1.82) is 0 Å². The molecule has 4 nitrogen and oxygen atoms in total. The topological polar surface area (TPSA) is 58.9 Å². The average molecular weight is 292 g/mol. The number of isocyanates is 2. The molecule has 0 N–H and O–H groups in total. The van der Waals surface area contributed by atoms with Gasteiger partial charge in [-0.1, -0.05) is 21.3 Å². The van der Waals surface area contributed by atoms with Gasteiger partial charge in [0.25, 0.3) is 0 Å². The molecular formula is C17H28N2O2. The summed E-state index contributed by atoms with van der Waals surface area (Å²) in [5.41, 5.74) is 0. The Bertz CT molecular complexity index is 385. The van der Waals surface area contributed by atoms with Gasteiger partial charge in [0, 0.05) is 0 Å². The molecule has 2 aliphatic carbocycles. The first-order chi connectivity index (χ1) is 9.65. The molecule has 2 rings (SSSR count). The maximum Gasteiger partial charge on any atom is 0.235 e. The minimum Gasteiger partial charge on any atom is -0.211 e. The van der Waals surface area contributed by atoms with Gasteiger partial charge in [0.15, 0.2) is 0 Å². The fraction of sp³-hybridized carbons (Fsp3) is 0.882. The van der Waals surface area contributed by atoms with E-state index in [9.17, 15) is 9.59 Å². The van der Waals surface area contributed by atoms with E-state index in [-0.39, 0.29) is 19.5 Å². The van der Waals surface area contributed by atoms with E-state index in [1.54, 1.807) is 12.2 Å². The van der Waals surface area contributed by atoms with Crippen LogP contribution in [0.25, 0.3) is 0 Å². The zero-order valence-corrected chi connectivity index (χ0v) is 12.4. The minimum atomic E-state index is 0. The van der Waals surface area contributed by atoms with Gasteiger partial charge >= 0.3 is 0 Å². The van der Waals surface area contributed by atoms with Crippen LogP contribution >= 0.6 is 0 Å². The van der Waals surface area contributed by atoms with Crippen molar-refractivity contribution < 1.29 is 9.59 Å². The Kier molecular flexibility index (Phi) is 7.01. The largest absolute Gasteiger partial charge is 0.235 e. The minimum absolute atomic E-state index is 0. The Balaban J connectivity index is 0.00000220. The van der Waals surface area contributed by atoms with E-state index >= 15 is 0 Å². The molecule has 6 unspecified atom stereocenters. The summed E-state index contributed by atoms with van der Waals surface area (Å²) in [6.45, 7) is 4.40. The Morgan fingerprint density at radius 2 is 1.14 bits per heavy atom. The molecule has 0 bridgehead atoms. The fourth-order valence-corrected chi connectivity index (χ4v) is 4.22. The molecule has 0 saturated heterocycles. The van der Waals surface area contributed by atoms with Crippen molar-refractivity contribution >= 4 is 12.2 Å². The third kappa shape index (κ3) is 4.36. The Morgan fingerprint density at radius 3 is 1.43 bits per heavy atom. The lowest BCUT2D eigenvalue weighted by molar-refractivity contribution is 0.124. The van der Waals surface area contributed by atoms with Gasteiger partial charge in [0.1, 0.15) is 0 Å². The first-order valence-corrected chi connectivity index (χ1v) is 7.79. The van der Waals surface area contributed by atoms with Crippen LogP contribution in [0.2, 0.25) is 0 Å². The highest BCUT2D eigenvalue weighted by atomic mass is 16.1. The summed E-state index contributed by atoms with van der Waals surface area (Å²) in [6.07, 6.45) is 10.1. The molecule has 0 heterocycles. The van der Waals surface area contributed by atoms with E-state index in [1.807, 2.05) is 0 Å². The molecule has 0 aromatic carbocycles. The third-order valence-corrected chi connectivity index (χ3v) is 5.43. The Hall–Kier alpha value is -1.24. The maximum atomic E-state index is 10.4. The van der Waals surface area contributed by atoms with E-state index in [4.69, 9.17) is 0 Å². The lowest BCUT2D eigenvalue weighted by Gasteiger charge is -2.40. The first kappa shape index (κ1) is 17.8. The van der Waals surface area contributed by atoms with E-state index < -0.39 is 0 Å². The van der Waals surface area contributed by atoms with Crippen molar-refractivity contribution in [3.63, 3.8) is 0 Å². The molecule has 2 aliphatic rings. The van der Waals surface area contributed by atoms with Crippen molar-refractivity contribution in [2.75, 3.05) is 0 Å². The predicted molar refractivity (Wildman–Crippen MR) is 83.6 cm³/mol. The van der Waals surface area contributed by atoms with Gasteiger partial charge in [-0.15, -0.1) is 0 Å². The van der Waals surface area contributed by atoms with Crippen LogP contribution in [0.4, 0.5) is 0 Å². The van der Waals surface area contributed by atoms with Gasteiger partial charge in [-0.25, -0.2) is 19.6 Å². The molecule has 0 spiro atoms. The summed E-state index contributed by atoms with van der Waals surface area (Å²) < 4.78 is 0. The van der Waals surface area contributed by atoms with E-state index in [0.29, 0.717) is 11.8 Å². The standard InChI is InChI=1S/C16H24N2O2.CH4/c1-11-7-13(3-5-15(11)17-9-19)14-4-6-16(18-10-20)12(2)8-14;/h11-16H,3-8H2,1-2H3;1H4. The molecule has 6 atom stereocenters. The van der Waals surface area contributed by atoms with E-state index in [1.165, 1.54) is 12.8 Å². The van der Waals surface area contributed by atoms with Crippen LogP contribution in [-0.4, -0.2) is 24.2 Å². The highest BCUT2D eigenvalue weighted by Crippen LogP contribution is 2.43. The van der Waals surface area contributed by atoms with Crippen molar-refractivity contribution in [2.45, 2.75) is 71.9 Å². The molecule has 0 radical (unpaired) electrons. The quantitative estimate of drug-likeness (QED) is 0.585. The lowest BCUT2D eigenvalue weighted by atomic mass is 9.66. The highest BCUT2D eigenvalue weighted by molar-refractivity contribution is 5.34. The number of carbonyl (C=O) groups excluding carboxylic acids is 2. The maximum absolute atomic E-state index is 10.4. The molecule has 0 amide bonds. The molecule has 21 heavy (non-hydrogen) atoms. The average Bonchev–Trinajstić information content (AvgIpc) is 2.44. The first-order valence-electron chi connectivity index (χ1n) is 7.79. The van der Waals surface area contributed by atoms with Crippen LogP contribution in [0.5, 0.6) is 0 Å². The van der Waals surface area contributed by atoms with Gasteiger partial charge < -0.3 is 0 Å². The summed E-state index contributed by atoms with van der Waals surface area (Å²) in [4.78, 5) is 28.7. The Morgan fingerprint density at radius 1 is 0.762 bits per heavy atom. The number of aliphatic imine (C=N–C) groups is 2. The van der Waals surface area contributed by atoms with Gasteiger partial charge in [-0.05, 0) is 62.2 Å². The number of nitrogens with zero attached hydrogens (tertiary/aromatic N) is 2. The van der Waals surface area contributed by atoms with Crippen molar-refractivity contribution in [1.82, 2.24) is 0 Å². The zero-order chi connectivity index (χ0) is 14.5. The molecule has 0 aromatic rings. The lowest BCUT2D eigenvalue weighted by Crippen LogP contribution is -2.34. The molecule has 0 aliphatic heterocycles. The second-order valence-electron chi connectivity index (χ2n) is 6.68. The Labute approximate surface area is 128 Å². The summed E-state index contributed by atoms with van der Waals surface area (Å²) in [5.74, 6) is 2.45. The van der Waals surface area contributed by atoms with E-state index in [0.717, 1.165) is 37.5 Å². The van der Waals surface area contributed by atoms with Crippen LogP contribution < -0.4 is 0 Å². The second kappa shape index (κ2) is 8.26. The third-order valence-electron chi connectivity index (χ3n) is 5.43. The molecule has 2 fully saturated rings.